The van der Waals surface area contributed by atoms with Crippen LogP contribution in [-0.2, 0) is 11.2 Å². The van der Waals surface area contributed by atoms with Crippen molar-refractivity contribution >= 4 is 28.9 Å². The molecule has 0 amide bonds. The number of carbonyl (C=O) groups excluding carboxylic acids is 1. The number of aryl methyl sites for hydroxylation is 1. The van der Waals surface area contributed by atoms with Crippen molar-refractivity contribution in [3.8, 4) is 0 Å². The molecule has 1 aliphatic rings. The van der Waals surface area contributed by atoms with Crippen molar-refractivity contribution in [3.63, 3.8) is 0 Å². The summed E-state index contributed by atoms with van der Waals surface area (Å²) in [5.41, 5.74) is 2.01. The van der Waals surface area contributed by atoms with Gasteiger partial charge in [-0.1, -0.05) is 50.5 Å². The molecular weight excluding hydrogens is 472 g/mol. The molecule has 0 spiro atoms. The Balaban J connectivity index is 1.57. The first kappa shape index (κ1) is 27.2. The number of aliphatic hydroxyl groups excluding tert-OH is 3. The monoisotopic (exact) mass is 508 g/mol. The summed E-state index contributed by atoms with van der Waals surface area (Å²) in [6, 6.07) is 11.8. The van der Waals surface area contributed by atoms with Gasteiger partial charge in [0.1, 0.15) is 11.5 Å². The fraction of sp³-hybridized carbons (Fsp3) is 0.593. The van der Waals surface area contributed by atoms with Gasteiger partial charge >= 0.3 is 5.97 Å². The van der Waals surface area contributed by atoms with Crippen LogP contribution in [0.3, 0.4) is 0 Å². The largest absolute Gasteiger partial charge is 0.459 e. The van der Waals surface area contributed by atoms with E-state index in [9.17, 15) is 15.0 Å². The quantitative estimate of drug-likeness (QED) is 0.186. The zero-order valence-corrected chi connectivity index (χ0v) is 21.4. The van der Waals surface area contributed by atoms with Crippen LogP contribution in [0.25, 0.3) is 0 Å². The number of esters is 1. The van der Waals surface area contributed by atoms with E-state index in [-0.39, 0.29) is 30.4 Å². The highest BCUT2D eigenvalue weighted by Gasteiger charge is 2.41. The second-order valence-corrected chi connectivity index (χ2v) is 10.9. The lowest BCUT2D eigenvalue weighted by Crippen LogP contribution is -2.19. The maximum atomic E-state index is 11.9. The molecule has 1 aliphatic carbocycles. The topological polar surface area (TPSA) is 87.0 Å². The van der Waals surface area contributed by atoms with Gasteiger partial charge in [0.15, 0.2) is 0 Å². The van der Waals surface area contributed by atoms with Crippen molar-refractivity contribution in [3.05, 3.63) is 57.3 Å². The Morgan fingerprint density at radius 3 is 2.65 bits per heavy atom. The summed E-state index contributed by atoms with van der Waals surface area (Å²) in [4.78, 5) is 13.6. The normalized spacial score (nSPS) is 23.2. The molecule has 1 fully saturated rings. The summed E-state index contributed by atoms with van der Waals surface area (Å²) < 4.78 is 4.97. The van der Waals surface area contributed by atoms with E-state index in [1.807, 2.05) is 30.3 Å². The zero-order chi connectivity index (χ0) is 24.5. The predicted molar refractivity (Wildman–Crippen MR) is 137 cm³/mol. The first-order valence-electron chi connectivity index (χ1n) is 12.4. The molecule has 1 aromatic carbocycles. The van der Waals surface area contributed by atoms with Gasteiger partial charge in [-0.05, 0) is 61.3 Å². The van der Waals surface area contributed by atoms with E-state index < -0.39 is 18.2 Å². The van der Waals surface area contributed by atoms with Crippen molar-refractivity contribution in [1.29, 1.82) is 0 Å². The highest BCUT2D eigenvalue weighted by molar-refractivity contribution is 7.13. The van der Waals surface area contributed by atoms with Gasteiger partial charge in [-0.15, -0.1) is 22.9 Å². The summed E-state index contributed by atoms with van der Waals surface area (Å²) >= 11 is 8.09. The number of hydrogen-bond donors (Lipinski definition) is 3. The van der Waals surface area contributed by atoms with Crippen LogP contribution < -0.4 is 0 Å². The van der Waals surface area contributed by atoms with Crippen LogP contribution in [0.4, 0.5) is 0 Å². The third-order valence-corrected chi connectivity index (χ3v) is 8.37. The maximum Gasteiger partial charge on any atom is 0.348 e. The van der Waals surface area contributed by atoms with E-state index in [1.54, 1.807) is 6.07 Å². The Labute approximate surface area is 211 Å². The molecule has 0 radical (unpaired) electrons. The number of ether oxygens (including phenoxy) is 1. The number of alkyl halides is 1. The molecule has 0 saturated heterocycles. The van der Waals surface area contributed by atoms with Crippen LogP contribution in [-0.4, -0.2) is 46.0 Å². The molecule has 5 nitrogen and oxygen atoms in total. The van der Waals surface area contributed by atoms with Crippen molar-refractivity contribution in [2.24, 2.45) is 5.92 Å². The summed E-state index contributed by atoms with van der Waals surface area (Å²) in [5, 5.41) is 29.9. The molecule has 5 atom stereocenters. The Morgan fingerprint density at radius 1 is 1.18 bits per heavy atom. The van der Waals surface area contributed by atoms with Crippen LogP contribution in [0.15, 0.2) is 36.4 Å². The van der Waals surface area contributed by atoms with Gasteiger partial charge < -0.3 is 20.1 Å². The van der Waals surface area contributed by atoms with Gasteiger partial charge in [-0.3, -0.25) is 0 Å². The van der Waals surface area contributed by atoms with Crippen LogP contribution in [0.5, 0.6) is 0 Å². The van der Waals surface area contributed by atoms with Gasteiger partial charge in [0.05, 0.1) is 18.8 Å². The Morgan fingerprint density at radius 2 is 1.94 bits per heavy atom. The van der Waals surface area contributed by atoms with Gasteiger partial charge in [-0.2, -0.15) is 0 Å². The standard InChI is InChI=1S/C27H37ClO5S/c1-2-3-4-8-23(30)18-9-11-19(12-10-18)26-21(22(28)17-24(26)31)7-5-6-20-13-14-25(34-20)27(32)33-16-15-29/h9-14,21-24,26,29-31H,2-8,15-17H2,1H3/t21-,22+,23?,24+,26+/m0/s1. The smallest absolute Gasteiger partial charge is 0.348 e. The lowest BCUT2D eigenvalue weighted by Gasteiger charge is -2.24. The van der Waals surface area contributed by atoms with Crippen LogP contribution >= 0.6 is 22.9 Å². The first-order chi connectivity index (χ1) is 16.4. The highest BCUT2D eigenvalue weighted by atomic mass is 35.5. The first-order valence-corrected chi connectivity index (χ1v) is 13.7. The number of unbranched alkanes of at least 4 members (excludes halogenated alkanes) is 2. The maximum absolute atomic E-state index is 11.9. The second kappa shape index (κ2) is 13.6. The minimum atomic E-state index is -0.470. The third kappa shape index (κ3) is 7.28. The minimum absolute atomic E-state index is 0.00731. The molecule has 3 N–H and O–H groups in total. The lowest BCUT2D eigenvalue weighted by molar-refractivity contribution is 0.0439. The average molecular weight is 509 g/mol. The van der Waals surface area contributed by atoms with E-state index in [0.29, 0.717) is 11.3 Å². The molecule has 0 bridgehead atoms. The minimum Gasteiger partial charge on any atom is -0.459 e. The zero-order valence-electron chi connectivity index (χ0n) is 19.9. The number of halogens is 1. The molecule has 1 heterocycles. The third-order valence-electron chi connectivity index (χ3n) is 6.74. The number of hydrogen-bond acceptors (Lipinski definition) is 6. The number of aliphatic hydroxyl groups is 3. The highest BCUT2D eigenvalue weighted by Crippen LogP contribution is 2.45. The molecule has 7 heteroatoms. The lowest BCUT2D eigenvalue weighted by atomic mass is 9.84. The number of thiophene rings is 1. The summed E-state index contributed by atoms with van der Waals surface area (Å²) in [7, 11) is 0. The van der Waals surface area contributed by atoms with Crippen LogP contribution in [0, 0.1) is 5.92 Å². The van der Waals surface area contributed by atoms with E-state index in [4.69, 9.17) is 21.4 Å². The molecule has 34 heavy (non-hydrogen) atoms. The Hall–Kier alpha value is -1.44. The second-order valence-electron chi connectivity index (χ2n) is 9.20. The molecule has 0 aliphatic heterocycles. The Kier molecular flexibility index (Phi) is 10.9. The van der Waals surface area contributed by atoms with Crippen molar-refractivity contribution in [2.75, 3.05) is 13.2 Å². The van der Waals surface area contributed by atoms with E-state index in [1.165, 1.54) is 11.3 Å². The number of rotatable bonds is 13. The van der Waals surface area contributed by atoms with Crippen LogP contribution in [0.1, 0.15) is 89.6 Å². The molecule has 2 aromatic rings. The van der Waals surface area contributed by atoms with Crippen molar-refractivity contribution in [2.45, 2.75) is 81.8 Å². The van der Waals surface area contributed by atoms with Gasteiger partial charge in [-0.25, -0.2) is 4.79 Å². The molecule has 188 valence electrons. The van der Waals surface area contributed by atoms with E-state index in [0.717, 1.165) is 60.9 Å². The summed E-state index contributed by atoms with van der Waals surface area (Å²) in [6.07, 6.45) is 6.37. The van der Waals surface area contributed by atoms with Crippen molar-refractivity contribution < 1.29 is 24.9 Å². The summed E-state index contributed by atoms with van der Waals surface area (Å²) in [6.45, 7) is 1.98. The fourth-order valence-corrected chi connectivity index (χ4v) is 6.34. The van der Waals surface area contributed by atoms with E-state index in [2.05, 4.69) is 6.92 Å². The van der Waals surface area contributed by atoms with Gasteiger partial charge in [0.25, 0.3) is 0 Å². The molecule has 1 saturated carbocycles. The molecular formula is C27H37ClO5S. The fourth-order valence-electron chi connectivity index (χ4n) is 4.93. The SMILES string of the molecule is CCCCCC(O)c1ccc([C@@H]2[C@@H](CCCc3ccc(C(=O)OCCO)s3)[C@H](Cl)C[C@H]2O)cc1. The average Bonchev–Trinajstić information content (AvgIpc) is 3.41. The van der Waals surface area contributed by atoms with Gasteiger partial charge in [0, 0.05) is 16.2 Å². The van der Waals surface area contributed by atoms with Crippen LogP contribution in [0.2, 0.25) is 0 Å². The number of benzene rings is 1. The number of carbonyl (C=O) groups is 1. The van der Waals surface area contributed by atoms with Crippen molar-refractivity contribution in [1.82, 2.24) is 0 Å². The molecule has 1 unspecified atom stereocenters. The summed E-state index contributed by atoms with van der Waals surface area (Å²) in [5.74, 6) is -0.240. The molecule has 1 aromatic heterocycles. The molecule has 3 rings (SSSR count). The van der Waals surface area contributed by atoms with Gasteiger partial charge in [0.2, 0.25) is 0 Å². The predicted octanol–water partition coefficient (Wildman–Crippen LogP) is 5.61. The van der Waals surface area contributed by atoms with E-state index >= 15 is 0 Å². The Bertz CT molecular complexity index is 883.